The molecule has 1 aromatic carbocycles. The molecule has 0 N–H and O–H groups in total. The summed E-state index contributed by atoms with van der Waals surface area (Å²) in [6, 6.07) is 5.08. The van der Waals surface area contributed by atoms with E-state index in [0.29, 0.717) is 0 Å². The van der Waals surface area contributed by atoms with Crippen LogP contribution in [-0.2, 0) is 15.9 Å². The lowest BCUT2D eigenvalue weighted by atomic mass is 9.98. The molecule has 0 atom stereocenters. The minimum absolute atomic E-state index is 0.224. The van der Waals surface area contributed by atoms with Gasteiger partial charge in [-0.25, -0.2) is 9.59 Å². The fourth-order valence-electron chi connectivity index (χ4n) is 1.68. The monoisotopic (exact) mass is 249 g/mol. The number of carbonyl (C=O) groups excluding carboxylic acids is 2. The number of benzene rings is 1. The van der Waals surface area contributed by atoms with Gasteiger partial charge in [0.1, 0.15) is 0 Å². The molecule has 4 heteroatoms. The summed E-state index contributed by atoms with van der Waals surface area (Å²) in [6.45, 7) is 4.01. The molecule has 0 spiro atoms. The number of hydrogen-bond acceptors (Lipinski definition) is 4. The van der Waals surface area contributed by atoms with Gasteiger partial charge in [-0.1, -0.05) is 19.9 Å². The molecule has 0 aliphatic heterocycles. The van der Waals surface area contributed by atoms with E-state index in [9.17, 15) is 9.59 Å². The third-order valence-corrected chi connectivity index (χ3v) is 2.45. The minimum atomic E-state index is -0.542. The zero-order chi connectivity index (χ0) is 13.7. The van der Waals surface area contributed by atoms with Crippen molar-refractivity contribution in [2.45, 2.75) is 20.3 Å². The molecule has 0 amide bonds. The molecular formula is C14H17O4. The summed E-state index contributed by atoms with van der Waals surface area (Å²) in [4.78, 5) is 23.2. The number of esters is 2. The average molecular weight is 249 g/mol. The summed E-state index contributed by atoms with van der Waals surface area (Å²) < 4.78 is 9.32. The Balaban J connectivity index is 3.20. The highest BCUT2D eigenvalue weighted by molar-refractivity contribution is 6.03. The first-order chi connectivity index (χ1) is 8.49. The van der Waals surface area contributed by atoms with Crippen LogP contribution in [0.4, 0.5) is 0 Å². The Morgan fingerprint density at radius 2 is 1.56 bits per heavy atom. The predicted molar refractivity (Wildman–Crippen MR) is 67.4 cm³/mol. The van der Waals surface area contributed by atoms with Gasteiger partial charge in [-0.05, 0) is 30.0 Å². The van der Waals surface area contributed by atoms with Crippen LogP contribution < -0.4 is 0 Å². The number of rotatable bonds is 4. The maximum Gasteiger partial charge on any atom is 0.338 e. The zero-order valence-corrected chi connectivity index (χ0v) is 11.1. The van der Waals surface area contributed by atoms with Gasteiger partial charge in [-0.15, -0.1) is 0 Å². The first-order valence-electron chi connectivity index (χ1n) is 5.58. The zero-order valence-electron chi connectivity index (χ0n) is 11.1. The summed E-state index contributed by atoms with van der Waals surface area (Å²) >= 11 is 0. The van der Waals surface area contributed by atoms with Crippen LogP contribution in [0.3, 0.4) is 0 Å². The second kappa shape index (κ2) is 6.19. The molecule has 97 valence electrons. The van der Waals surface area contributed by atoms with Gasteiger partial charge in [0, 0.05) is 0 Å². The molecule has 1 aromatic rings. The van der Waals surface area contributed by atoms with Crippen LogP contribution in [0.5, 0.6) is 0 Å². The maximum absolute atomic E-state index is 11.7. The summed E-state index contributed by atoms with van der Waals surface area (Å²) in [5, 5.41) is 0. The maximum atomic E-state index is 11.7. The lowest BCUT2D eigenvalue weighted by Crippen LogP contribution is -2.12. The second-order valence-electron chi connectivity index (χ2n) is 4.25. The summed E-state index contributed by atoms with van der Waals surface area (Å²) in [5.41, 5.74) is 1.42. The van der Waals surface area contributed by atoms with Crippen LogP contribution >= 0.6 is 0 Å². The van der Waals surface area contributed by atoms with Gasteiger partial charge in [0.25, 0.3) is 0 Å². The molecule has 4 nitrogen and oxygen atoms in total. The van der Waals surface area contributed by atoms with Crippen LogP contribution in [0.2, 0.25) is 0 Å². The van der Waals surface area contributed by atoms with Gasteiger partial charge in [0.15, 0.2) is 0 Å². The van der Waals surface area contributed by atoms with Crippen molar-refractivity contribution in [3.63, 3.8) is 0 Å². The molecular weight excluding hydrogens is 232 g/mol. The largest absolute Gasteiger partial charge is 0.465 e. The van der Waals surface area contributed by atoms with E-state index in [1.165, 1.54) is 20.1 Å². The molecule has 1 rings (SSSR count). The van der Waals surface area contributed by atoms with Crippen molar-refractivity contribution in [3.8, 4) is 0 Å². The third kappa shape index (κ3) is 3.32. The molecule has 0 saturated carbocycles. The normalized spacial score (nSPS) is 10.3. The molecule has 18 heavy (non-hydrogen) atoms. The van der Waals surface area contributed by atoms with Crippen molar-refractivity contribution >= 4 is 11.9 Å². The van der Waals surface area contributed by atoms with Crippen molar-refractivity contribution in [2.24, 2.45) is 0 Å². The van der Waals surface area contributed by atoms with E-state index in [1.807, 2.05) is 19.9 Å². The van der Waals surface area contributed by atoms with E-state index >= 15 is 0 Å². The molecule has 0 unspecified atom stereocenters. The fourth-order valence-corrected chi connectivity index (χ4v) is 1.68. The van der Waals surface area contributed by atoms with Gasteiger partial charge in [-0.3, -0.25) is 0 Å². The third-order valence-electron chi connectivity index (χ3n) is 2.45. The van der Waals surface area contributed by atoms with Gasteiger partial charge in [-0.2, -0.15) is 0 Å². The Bertz CT molecular complexity index is 449. The van der Waals surface area contributed by atoms with Crippen LogP contribution in [0.25, 0.3) is 0 Å². The van der Waals surface area contributed by atoms with Crippen molar-refractivity contribution < 1.29 is 19.1 Å². The molecule has 0 fully saturated rings. The molecule has 0 aromatic heterocycles. The minimum Gasteiger partial charge on any atom is -0.465 e. The van der Waals surface area contributed by atoms with Gasteiger partial charge >= 0.3 is 11.9 Å². The van der Waals surface area contributed by atoms with Crippen molar-refractivity contribution in [1.29, 1.82) is 0 Å². The predicted octanol–water partition coefficient (Wildman–Crippen LogP) is 2.42. The van der Waals surface area contributed by atoms with Crippen molar-refractivity contribution in [2.75, 3.05) is 14.2 Å². The Morgan fingerprint density at radius 3 is 2.06 bits per heavy atom. The van der Waals surface area contributed by atoms with E-state index in [4.69, 9.17) is 0 Å². The Kier molecular flexibility index (Phi) is 4.89. The van der Waals surface area contributed by atoms with Crippen LogP contribution in [-0.4, -0.2) is 26.2 Å². The van der Waals surface area contributed by atoms with Crippen molar-refractivity contribution in [1.82, 2.24) is 0 Å². The van der Waals surface area contributed by atoms with E-state index in [1.54, 1.807) is 12.1 Å². The van der Waals surface area contributed by atoms with E-state index in [-0.39, 0.29) is 11.1 Å². The highest BCUT2D eigenvalue weighted by Gasteiger charge is 2.18. The van der Waals surface area contributed by atoms with Gasteiger partial charge < -0.3 is 9.47 Å². The molecule has 0 aliphatic rings. The lowest BCUT2D eigenvalue weighted by molar-refractivity contribution is 0.0555. The number of ether oxygens (including phenoxy) is 2. The first kappa shape index (κ1) is 14.2. The summed E-state index contributed by atoms with van der Waals surface area (Å²) in [5.74, 6) is 0.141. The molecule has 0 heterocycles. The number of hydrogen-bond donors (Lipinski definition) is 0. The standard InChI is InChI=1S/C14H17O4/c1-9(2)7-10-5-6-11(13(15)17-3)12(8-10)14(16)18-4/h5-6,8H,7H2,1-4H3. The second-order valence-corrected chi connectivity index (χ2v) is 4.25. The van der Waals surface area contributed by atoms with Gasteiger partial charge in [0.05, 0.1) is 25.3 Å². The Morgan fingerprint density at radius 1 is 1.00 bits per heavy atom. The quantitative estimate of drug-likeness (QED) is 0.769. The first-order valence-corrected chi connectivity index (χ1v) is 5.58. The van der Waals surface area contributed by atoms with Crippen LogP contribution in [0.15, 0.2) is 18.2 Å². The highest BCUT2D eigenvalue weighted by atomic mass is 16.5. The summed E-state index contributed by atoms with van der Waals surface area (Å²) in [6.07, 6.45) is 0.755. The fraction of sp³-hybridized carbons (Fsp3) is 0.357. The highest BCUT2D eigenvalue weighted by Crippen LogP contribution is 2.17. The van der Waals surface area contributed by atoms with E-state index in [0.717, 1.165) is 12.0 Å². The van der Waals surface area contributed by atoms with Crippen LogP contribution in [0.1, 0.15) is 40.1 Å². The van der Waals surface area contributed by atoms with E-state index < -0.39 is 11.9 Å². The average Bonchev–Trinajstić information content (AvgIpc) is 2.36. The Labute approximate surface area is 107 Å². The van der Waals surface area contributed by atoms with Crippen molar-refractivity contribution in [3.05, 3.63) is 40.8 Å². The van der Waals surface area contributed by atoms with E-state index in [2.05, 4.69) is 9.47 Å². The number of carbonyl (C=O) groups is 2. The SMILES string of the molecule is COC(=O)c1ccc(C[C](C)C)cc1C(=O)OC. The topological polar surface area (TPSA) is 52.6 Å². The smallest absolute Gasteiger partial charge is 0.338 e. The molecule has 0 bridgehead atoms. The van der Waals surface area contributed by atoms with Crippen LogP contribution in [0, 0.1) is 5.92 Å². The molecule has 0 saturated heterocycles. The lowest BCUT2D eigenvalue weighted by Gasteiger charge is -2.10. The van der Waals surface area contributed by atoms with Gasteiger partial charge in [0.2, 0.25) is 0 Å². The Hall–Kier alpha value is -1.84. The molecule has 0 aliphatic carbocycles. The summed E-state index contributed by atoms with van der Waals surface area (Å²) in [7, 11) is 2.56. The number of methoxy groups -OCH3 is 2. The molecule has 1 radical (unpaired) electrons.